The van der Waals surface area contributed by atoms with E-state index in [2.05, 4.69) is 10.6 Å². The number of aromatic carboxylic acids is 1. The molecule has 0 spiro atoms. The first-order valence-electron chi connectivity index (χ1n) is 8.21. The van der Waals surface area contributed by atoms with Crippen LogP contribution < -0.4 is 10.6 Å². The Bertz CT molecular complexity index is 968. The Morgan fingerprint density at radius 1 is 0.926 bits per heavy atom. The summed E-state index contributed by atoms with van der Waals surface area (Å²) in [5.41, 5.74) is 1.23. The van der Waals surface area contributed by atoms with E-state index in [4.69, 9.17) is 5.11 Å². The van der Waals surface area contributed by atoms with Gasteiger partial charge in [-0.2, -0.15) is 0 Å². The molecule has 8 nitrogen and oxygen atoms in total. The van der Waals surface area contributed by atoms with Gasteiger partial charge in [0.1, 0.15) is 0 Å². The molecule has 0 unspecified atom stereocenters. The fourth-order valence-corrected chi connectivity index (χ4v) is 2.83. The van der Waals surface area contributed by atoms with Gasteiger partial charge in [-0.15, -0.1) is 0 Å². The average molecular weight is 367 g/mol. The van der Waals surface area contributed by atoms with Crippen LogP contribution in [0.15, 0.2) is 42.5 Å². The van der Waals surface area contributed by atoms with Crippen LogP contribution in [0, 0.1) is 0 Å². The molecule has 2 aromatic carbocycles. The van der Waals surface area contributed by atoms with Crippen molar-refractivity contribution in [2.75, 3.05) is 10.6 Å². The van der Waals surface area contributed by atoms with Crippen molar-refractivity contribution in [2.45, 2.75) is 19.9 Å². The summed E-state index contributed by atoms with van der Waals surface area (Å²) in [6.45, 7) is 3.50. The van der Waals surface area contributed by atoms with Crippen molar-refractivity contribution in [3.8, 4) is 0 Å². The Hall–Kier alpha value is -3.68. The molecule has 138 valence electrons. The minimum atomic E-state index is -1.10. The summed E-state index contributed by atoms with van der Waals surface area (Å²) in [7, 11) is 0. The molecule has 0 radical (unpaired) electrons. The maximum atomic E-state index is 12.4. The number of imide groups is 1. The number of nitrogens with one attached hydrogen (secondary N) is 2. The highest BCUT2D eigenvalue weighted by Gasteiger charge is 2.37. The first kappa shape index (κ1) is 18.1. The quantitative estimate of drug-likeness (QED) is 0.718. The lowest BCUT2D eigenvalue weighted by Gasteiger charge is -2.17. The van der Waals surface area contributed by atoms with Crippen molar-refractivity contribution in [2.24, 2.45) is 0 Å². The van der Waals surface area contributed by atoms with Crippen LogP contribution >= 0.6 is 0 Å². The summed E-state index contributed by atoms with van der Waals surface area (Å²) in [5.74, 6) is -1.86. The van der Waals surface area contributed by atoms with E-state index in [1.54, 1.807) is 19.9 Å². The van der Waals surface area contributed by atoms with Crippen molar-refractivity contribution in [1.82, 2.24) is 4.90 Å². The van der Waals surface area contributed by atoms with Crippen LogP contribution in [0.3, 0.4) is 0 Å². The third-order valence-electron chi connectivity index (χ3n) is 4.06. The van der Waals surface area contributed by atoms with Gasteiger partial charge in [0, 0.05) is 17.4 Å². The van der Waals surface area contributed by atoms with Crippen LogP contribution in [-0.4, -0.2) is 39.9 Å². The summed E-state index contributed by atoms with van der Waals surface area (Å²) in [6.07, 6.45) is 0. The number of carbonyl (C=O) groups excluding carboxylic acids is 3. The minimum Gasteiger partial charge on any atom is -0.478 e. The molecule has 0 bridgehead atoms. The first-order chi connectivity index (χ1) is 12.8. The average Bonchev–Trinajstić information content (AvgIpc) is 2.85. The number of anilines is 2. The molecule has 1 aliphatic rings. The molecule has 3 rings (SSSR count). The lowest BCUT2D eigenvalue weighted by atomic mass is 10.1. The van der Waals surface area contributed by atoms with Gasteiger partial charge >= 0.3 is 12.0 Å². The van der Waals surface area contributed by atoms with Gasteiger partial charge < -0.3 is 15.7 Å². The summed E-state index contributed by atoms with van der Waals surface area (Å²) >= 11 is 0. The number of nitrogens with zero attached hydrogens (tertiary/aromatic N) is 1. The lowest BCUT2D eigenvalue weighted by Crippen LogP contribution is -2.35. The Morgan fingerprint density at radius 2 is 1.56 bits per heavy atom. The minimum absolute atomic E-state index is 0.0446. The molecule has 0 saturated heterocycles. The molecule has 27 heavy (non-hydrogen) atoms. The number of urea groups is 1. The largest absolute Gasteiger partial charge is 0.478 e. The highest BCUT2D eigenvalue weighted by molar-refractivity contribution is 6.22. The van der Waals surface area contributed by atoms with E-state index >= 15 is 0 Å². The topological polar surface area (TPSA) is 116 Å². The van der Waals surface area contributed by atoms with E-state index in [0.717, 1.165) is 0 Å². The number of amides is 4. The zero-order valence-electron chi connectivity index (χ0n) is 14.6. The Labute approximate surface area is 154 Å². The van der Waals surface area contributed by atoms with Crippen LogP contribution in [0.2, 0.25) is 0 Å². The summed E-state index contributed by atoms with van der Waals surface area (Å²) in [6, 6.07) is 9.41. The van der Waals surface area contributed by atoms with Gasteiger partial charge in [-0.3, -0.25) is 14.5 Å². The molecule has 1 aliphatic heterocycles. The van der Waals surface area contributed by atoms with Crippen molar-refractivity contribution in [1.29, 1.82) is 0 Å². The normalized spacial score (nSPS) is 12.9. The number of benzene rings is 2. The molecule has 0 atom stereocenters. The van der Waals surface area contributed by atoms with Gasteiger partial charge in [0.25, 0.3) is 11.8 Å². The van der Waals surface area contributed by atoms with Crippen LogP contribution in [0.4, 0.5) is 16.2 Å². The number of carboxylic acid groups (broad SMARTS) is 1. The second-order valence-electron chi connectivity index (χ2n) is 6.30. The number of hydrogen-bond acceptors (Lipinski definition) is 4. The zero-order chi connectivity index (χ0) is 19.7. The van der Waals surface area contributed by atoms with Gasteiger partial charge in [0.15, 0.2) is 0 Å². The van der Waals surface area contributed by atoms with E-state index < -0.39 is 17.9 Å². The Balaban J connectivity index is 1.75. The molecule has 2 aromatic rings. The molecule has 0 aromatic heterocycles. The van der Waals surface area contributed by atoms with Crippen molar-refractivity contribution in [3.05, 3.63) is 59.2 Å². The molecule has 0 fully saturated rings. The van der Waals surface area contributed by atoms with Gasteiger partial charge in [0.05, 0.1) is 16.7 Å². The summed E-state index contributed by atoms with van der Waals surface area (Å²) in [5, 5.41) is 14.1. The first-order valence-corrected chi connectivity index (χ1v) is 8.21. The molecule has 4 amide bonds. The van der Waals surface area contributed by atoms with Gasteiger partial charge in [-0.1, -0.05) is 6.07 Å². The molecular formula is C19H17N3O5. The number of carbonyl (C=O) groups is 4. The van der Waals surface area contributed by atoms with Crippen LogP contribution in [0.5, 0.6) is 0 Å². The van der Waals surface area contributed by atoms with E-state index in [1.165, 1.54) is 41.3 Å². The van der Waals surface area contributed by atoms with E-state index in [9.17, 15) is 19.2 Å². The highest BCUT2D eigenvalue weighted by atomic mass is 16.4. The second kappa shape index (κ2) is 6.91. The monoisotopic (exact) mass is 367 g/mol. The molecule has 1 heterocycles. The molecule has 8 heteroatoms. The standard InChI is InChI=1S/C19H17N3O5/c1-10(2)22-16(23)14-7-6-13(9-15(14)17(22)24)21-19(27)20-12-5-3-4-11(8-12)18(25)26/h3-10H,1-2H3,(H,25,26)(H2,20,21,27). The SMILES string of the molecule is CC(C)N1C(=O)c2ccc(NC(=O)Nc3cccc(C(=O)O)c3)cc2C1=O. The van der Waals surface area contributed by atoms with E-state index in [1.807, 2.05) is 0 Å². The number of fused-ring (bicyclic) bond motifs is 1. The zero-order valence-corrected chi connectivity index (χ0v) is 14.6. The van der Waals surface area contributed by atoms with Crippen LogP contribution in [0.1, 0.15) is 44.9 Å². The third kappa shape index (κ3) is 3.50. The number of hydrogen-bond donors (Lipinski definition) is 3. The molecule has 0 aliphatic carbocycles. The van der Waals surface area contributed by atoms with Crippen LogP contribution in [-0.2, 0) is 0 Å². The lowest BCUT2D eigenvalue weighted by molar-refractivity contribution is 0.0607. The molecule has 3 N–H and O–H groups in total. The summed E-state index contributed by atoms with van der Waals surface area (Å²) < 4.78 is 0. The molecular weight excluding hydrogens is 350 g/mol. The highest BCUT2D eigenvalue weighted by Crippen LogP contribution is 2.27. The van der Waals surface area contributed by atoms with Gasteiger partial charge in [-0.05, 0) is 50.2 Å². The smallest absolute Gasteiger partial charge is 0.335 e. The maximum absolute atomic E-state index is 12.4. The van der Waals surface area contributed by atoms with E-state index in [-0.39, 0.29) is 23.1 Å². The van der Waals surface area contributed by atoms with Crippen LogP contribution in [0.25, 0.3) is 0 Å². The van der Waals surface area contributed by atoms with E-state index in [0.29, 0.717) is 16.9 Å². The number of rotatable bonds is 4. The Kier molecular flexibility index (Phi) is 4.64. The van der Waals surface area contributed by atoms with Crippen molar-refractivity contribution in [3.63, 3.8) is 0 Å². The third-order valence-corrected chi connectivity index (χ3v) is 4.06. The number of carboxylic acids is 1. The van der Waals surface area contributed by atoms with Crippen molar-refractivity contribution < 1.29 is 24.3 Å². The summed E-state index contributed by atoms with van der Waals surface area (Å²) in [4.78, 5) is 49.0. The Morgan fingerprint density at radius 3 is 2.19 bits per heavy atom. The maximum Gasteiger partial charge on any atom is 0.335 e. The van der Waals surface area contributed by atoms with Gasteiger partial charge in [0.2, 0.25) is 0 Å². The van der Waals surface area contributed by atoms with Gasteiger partial charge in [-0.25, -0.2) is 9.59 Å². The fraction of sp³-hybridized carbons (Fsp3) is 0.158. The molecule has 0 saturated carbocycles. The predicted octanol–water partition coefficient (Wildman–Crippen LogP) is 3.03. The second-order valence-corrected chi connectivity index (χ2v) is 6.30. The predicted molar refractivity (Wildman–Crippen MR) is 98.1 cm³/mol. The van der Waals surface area contributed by atoms with Crippen molar-refractivity contribution >= 4 is 35.2 Å². The fourth-order valence-electron chi connectivity index (χ4n) is 2.83.